The van der Waals surface area contributed by atoms with Crippen molar-refractivity contribution in [1.29, 1.82) is 0 Å². The van der Waals surface area contributed by atoms with Crippen LogP contribution in [0.1, 0.15) is 29.4 Å². The van der Waals surface area contributed by atoms with Crippen molar-refractivity contribution in [3.8, 4) is 0 Å². The van der Waals surface area contributed by atoms with Gasteiger partial charge < -0.3 is 10.3 Å². The average molecular weight is 374 g/mol. The first kappa shape index (κ1) is 15.0. The van der Waals surface area contributed by atoms with Gasteiger partial charge >= 0.3 is 6.18 Å². The normalized spacial score (nSPS) is 11.4. The highest BCUT2D eigenvalue weighted by Crippen LogP contribution is 2.30. The van der Waals surface area contributed by atoms with E-state index in [1.165, 1.54) is 22.6 Å². The first-order valence-electron chi connectivity index (χ1n) is 5.05. The van der Waals surface area contributed by atoms with E-state index in [4.69, 9.17) is 0 Å². The van der Waals surface area contributed by atoms with Crippen molar-refractivity contribution in [1.82, 2.24) is 10.3 Å². The summed E-state index contributed by atoms with van der Waals surface area (Å²) in [5, 5.41) is 2.43. The molecule has 0 radical (unpaired) electrons. The van der Waals surface area contributed by atoms with Gasteiger partial charge in [-0.15, -0.1) is 0 Å². The zero-order valence-electron chi connectivity index (χ0n) is 9.32. The quantitative estimate of drug-likeness (QED) is 0.797. The first-order valence-corrected chi connectivity index (χ1v) is 6.13. The van der Waals surface area contributed by atoms with E-state index in [1.807, 2.05) is 6.92 Å². The number of aromatic nitrogens is 1. The highest BCUT2D eigenvalue weighted by molar-refractivity contribution is 14.1. The number of carbonyl (C=O) groups is 1. The lowest BCUT2D eigenvalue weighted by Crippen LogP contribution is -2.31. The molecule has 0 saturated carbocycles. The number of hydrogen-bond acceptors (Lipinski definition) is 2. The van der Waals surface area contributed by atoms with Gasteiger partial charge in [-0.05, 0) is 35.1 Å². The van der Waals surface area contributed by atoms with Crippen LogP contribution in [-0.4, -0.2) is 17.4 Å². The van der Waals surface area contributed by atoms with Gasteiger partial charge in [-0.1, -0.05) is 6.92 Å². The predicted octanol–water partition coefficient (Wildman–Crippen LogP) is 2.14. The highest BCUT2D eigenvalue weighted by Gasteiger charge is 2.35. The number of H-pyrrole nitrogens is 1. The third kappa shape index (κ3) is 3.47. The Morgan fingerprint density at radius 1 is 1.50 bits per heavy atom. The SMILES string of the molecule is CCCNC(=O)c1cc(I)c(C(F)(F)F)[nH]c1=O. The molecule has 1 amide bonds. The van der Waals surface area contributed by atoms with Crippen molar-refractivity contribution in [2.45, 2.75) is 19.5 Å². The molecule has 0 spiro atoms. The Hall–Kier alpha value is -1.06. The van der Waals surface area contributed by atoms with Crippen molar-refractivity contribution in [3.05, 3.63) is 31.2 Å². The van der Waals surface area contributed by atoms with Gasteiger partial charge in [-0.2, -0.15) is 13.2 Å². The Balaban J connectivity index is 3.16. The molecule has 18 heavy (non-hydrogen) atoms. The number of alkyl halides is 3. The van der Waals surface area contributed by atoms with Crippen LogP contribution in [0.4, 0.5) is 13.2 Å². The second-order valence-corrected chi connectivity index (χ2v) is 4.65. The fraction of sp³-hybridized carbons (Fsp3) is 0.400. The Bertz CT molecular complexity index is 511. The molecule has 0 aliphatic rings. The summed E-state index contributed by atoms with van der Waals surface area (Å²) in [6.07, 6.45) is -3.98. The number of halogens is 4. The highest BCUT2D eigenvalue weighted by atomic mass is 127. The third-order valence-corrected chi connectivity index (χ3v) is 2.91. The fourth-order valence-corrected chi connectivity index (χ4v) is 1.97. The van der Waals surface area contributed by atoms with Crippen LogP contribution < -0.4 is 10.9 Å². The second kappa shape index (κ2) is 5.72. The van der Waals surface area contributed by atoms with Crippen molar-refractivity contribution < 1.29 is 18.0 Å². The van der Waals surface area contributed by atoms with Gasteiger partial charge in [0.05, 0.1) is 0 Å². The Labute approximate surface area is 114 Å². The summed E-state index contributed by atoms with van der Waals surface area (Å²) in [5.74, 6) is -0.676. The summed E-state index contributed by atoms with van der Waals surface area (Å²) in [5.41, 5.74) is -2.50. The Morgan fingerprint density at radius 2 is 2.11 bits per heavy atom. The van der Waals surface area contributed by atoms with Crippen LogP contribution >= 0.6 is 22.6 Å². The number of aromatic amines is 1. The molecule has 1 rings (SSSR count). The van der Waals surface area contributed by atoms with Crippen LogP contribution in [0.3, 0.4) is 0 Å². The maximum Gasteiger partial charge on any atom is 0.432 e. The van der Waals surface area contributed by atoms with Gasteiger partial charge in [0.2, 0.25) is 0 Å². The van der Waals surface area contributed by atoms with Crippen molar-refractivity contribution >= 4 is 28.5 Å². The number of hydrogen-bond donors (Lipinski definition) is 2. The molecule has 0 atom stereocenters. The standard InChI is InChI=1S/C10H10F3IN2O2/c1-2-3-15-8(17)5-4-6(14)7(10(11,12)13)16-9(5)18/h4H,2-3H2,1H3,(H,15,17)(H,16,18). The minimum absolute atomic E-state index is 0.221. The summed E-state index contributed by atoms with van der Waals surface area (Å²) >= 11 is 1.43. The van der Waals surface area contributed by atoms with Crippen molar-refractivity contribution in [2.75, 3.05) is 6.54 Å². The van der Waals surface area contributed by atoms with Gasteiger partial charge in [-0.25, -0.2) is 0 Å². The fourth-order valence-electron chi connectivity index (χ4n) is 1.21. The molecule has 100 valence electrons. The topological polar surface area (TPSA) is 62.0 Å². The molecule has 0 saturated heterocycles. The molecule has 4 nitrogen and oxygen atoms in total. The summed E-state index contributed by atoms with van der Waals surface area (Å²) in [7, 11) is 0. The zero-order valence-corrected chi connectivity index (χ0v) is 11.5. The lowest BCUT2D eigenvalue weighted by Gasteiger charge is -2.10. The van der Waals surface area contributed by atoms with E-state index in [0.29, 0.717) is 13.0 Å². The molecule has 0 aliphatic carbocycles. The number of nitrogens with one attached hydrogen (secondary N) is 2. The van der Waals surface area contributed by atoms with E-state index >= 15 is 0 Å². The molecule has 2 N–H and O–H groups in total. The molecule has 1 aromatic rings. The van der Waals surface area contributed by atoms with Crippen LogP contribution in [0.5, 0.6) is 0 Å². The Morgan fingerprint density at radius 3 is 2.61 bits per heavy atom. The van der Waals surface area contributed by atoms with Gasteiger partial charge in [0.15, 0.2) is 0 Å². The average Bonchev–Trinajstić information content (AvgIpc) is 2.27. The summed E-state index contributed by atoms with van der Waals surface area (Å²) in [6.45, 7) is 2.18. The number of pyridine rings is 1. The minimum atomic E-state index is -4.64. The van der Waals surface area contributed by atoms with Crippen LogP contribution in [0, 0.1) is 3.57 Å². The van der Waals surface area contributed by atoms with Gasteiger partial charge in [-0.3, -0.25) is 9.59 Å². The molecule has 0 aromatic carbocycles. The lowest BCUT2D eigenvalue weighted by atomic mass is 10.2. The smallest absolute Gasteiger partial charge is 0.352 e. The molecular formula is C10H10F3IN2O2. The van der Waals surface area contributed by atoms with Crippen LogP contribution in [0.25, 0.3) is 0 Å². The second-order valence-electron chi connectivity index (χ2n) is 3.49. The van der Waals surface area contributed by atoms with Gasteiger partial charge in [0, 0.05) is 10.1 Å². The molecular weight excluding hydrogens is 364 g/mol. The summed E-state index contributed by atoms with van der Waals surface area (Å²) in [4.78, 5) is 24.6. The lowest BCUT2D eigenvalue weighted by molar-refractivity contribution is -0.142. The van der Waals surface area contributed by atoms with E-state index in [-0.39, 0.29) is 9.13 Å². The van der Waals surface area contributed by atoms with E-state index in [9.17, 15) is 22.8 Å². The summed E-state index contributed by atoms with van der Waals surface area (Å²) in [6, 6.07) is 0.938. The maximum absolute atomic E-state index is 12.5. The summed E-state index contributed by atoms with van der Waals surface area (Å²) < 4.78 is 37.2. The van der Waals surface area contributed by atoms with Crippen molar-refractivity contribution in [3.63, 3.8) is 0 Å². The third-order valence-electron chi connectivity index (χ3n) is 2.06. The minimum Gasteiger partial charge on any atom is -0.352 e. The maximum atomic E-state index is 12.5. The molecule has 0 bridgehead atoms. The largest absolute Gasteiger partial charge is 0.432 e. The van der Waals surface area contributed by atoms with E-state index in [0.717, 1.165) is 6.07 Å². The molecule has 1 heterocycles. The molecule has 8 heteroatoms. The number of rotatable bonds is 3. The van der Waals surface area contributed by atoms with E-state index < -0.39 is 23.3 Å². The van der Waals surface area contributed by atoms with E-state index in [1.54, 1.807) is 4.98 Å². The molecule has 0 fully saturated rings. The number of carbonyl (C=O) groups excluding carboxylic acids is 1. The Kier molecular flexibility index (Phi) is 4.77. The number of amides is 1. The molecule has 0 aliphatic heterocycles. The van der Waals surface area contributed by atoms with E-state index in [2.05, 4.69) is 5.32 Å². The van der Waals surface area contributed by atoms with Gasteiger partial charge in [0.1, 0.15) is 11.3 Å². The van der Waals surface area contributed by atoms with Crippen LogP contribution in [-0.2, 0) is 6.18 Å². The monoisotopic (exact) mass is 374 g/mol. The van der Waals surface area contributed by atoms with Crippen LogP contribution in [0.15, 0.2) is 10.9 Å². The van der Waals surface area contributed by atoms with Crippen molar-refractivity contribution in [2.24, 2.45) is 0 Å². The first-order chi connectivity index (χ1) is 8.27. The van der Waals surface area contributed by atoms with Crippen LogP contribution in [0.2, 0.25) is 0 Å². The van der Waals surface area contributed by atoms with Gasteiger partial charge in [0.25, 0.3) is 11.5 Å². The predicted molar refractivity (Wildman–Crippen MR) is 67.4 cm³/mol. The zero-order chi connectivity index (χ0) is 13.9. The molecule has 1 aromatic heterocycles. The molecule has 0 unspecified atom stereocenters.